The van der Waals surface area contributed by atoms with Gasteiger partial charge in [-0.15, -0.1) is 0 Å². The van der Waals surface area contributed by atoms with Gasteiger partial charge in [-0.1, -0.05) is 6.08 Å². The minimum atomic E-state index is -0.927. The summed E-state index contributed by atoms with van der Waals surface area (Å²) in [6, 6.07) is 0. The third kappa shape index (κ3) is 2.89. The largest absolute Gasteiger partial charge is 0.478 e. The van der Waals surface area contributed by atoms with E-state index in [1.165, 1.54) is 6.92 Å². The Bertz CT molecular complexity index is 254. The Hall–Kier alpha value is -1.32. The van der Waals surface area contributed by atoms with Crippen LogP contribution in [-0.4, -0.2) is 23.1 Å². The Morgan fingerprint density at radius 2 is 2.46 bits per heavy atom. The number of carbonyl (C=O) groups excluding carboxylic acids is 1. The zero-order valence-corrected chi connectivity index (χ0v) is 7.45. The molecule has 13 heavy (non-hydrogen) atoms. The fraction of sp³-hybridized carbons (Fsp3) is 0.556. The summed E-state index contributed by atoms with van der Waals surface area (Å²) in [4.78, 5) is 21.1. The van der Waals surface area contributed by atoms with E-state index in [9.17, 15) is 9.59 Å². The summed E-state index contributed by atoms with van der Waals surface area (Å²) in [7, 11) is 0. The maximum absolute atomic E-state index is 10.7. The Labute approximate surface area is 76.2 Å². The van der Waals surface area contributed by atoms with Crippen LogP contribution in [-0.2, 0) is 14.3 Å². The van der Waals surface area contributed by atoms with Crippen molar-refractivity contribution in [1.82, 2.24) is 0 Å². The molecule has 0 aromatic rings. The Morgan fingerprint density at radius 1 is 1.77 bits per heavy atom. The van der Waals surface area contributed by atoms with E-state index >= 15 is 0 Å². The van der Waals surface area contributed by atoms with E-state index in [0.717, 1.165) is 0 Å². The van der Waals surface area contributed by atoms with Gasteiger partial charge in [-0.25, -0.2) is 4.79 Å². The average Bonchev–Trinajstić information content (AvgIpc) is 2.47. The predicted molar refractivity (Wildman–Crippen MR) is 45.1 cm³/mol. The number of hydrogen-bond donors (Lipinski definition) is 1. The van der Waals surface area contributed by atoms with Gasteiger partial charge in [0.25, 0.3) is 0 Å². The summed E-state index contributed by atoms with van der Waals surface area (Å²) < 4.78 is 4.92. The standard InChI is InChI=1S/C9H12O4/c1-6(9(11)12)2-3-7-4-5-8(10)13-7/h2,7H,3-5H2,1H3,(H,11,12). The predicted octanol–water partition coefficient (Wildman–Crippen LogP) is 1.11. The van der Waals surface area contributed by atoms with Crippen LogP contribution in [0.2, 0.25) is 0 Å². The van der Waals surface area contributed by atoms with Crippen LogP contribution in [0.25, 0.3) is 0 Å². The molecule has 0 aromatic carbocycles. The quantitative estimate of drug-likeness (QED) is 0.527. The lowest BCUT2D eigenvalue weighted by molar-refractivity contribution is -0.141. The topological polar surface area (TPSA) is 63.6 Å². The molecule has 1 fully saturated rings. The SMILES string of the molecule is CC(=CCC1CCC(=O)O1)C(=O)O. The number of aliphatic carboxylic acids is 1. The average molecular weight is 184 g/mol. The molecule has 0 aromatic heterocycles. The summed E-state index contributed by atoms with van der Waals surface area (Å²) >= 11 is 0. The van der Waals surface area contributed by atoms with Crippen LogP contribution in [0.15, 0.2) is 11.6 Å². The first-order valence-electron chi connectivity index (χ1n) is 4.19. The molecule has 1 aliphatic rings. The lowest BCUT2D eigenvalue weighted by atomic mass is 10.1. The van der Waals surface area contributed by atoms with E-state index in [1.807, 2.05) is 0 Å². The summed E-state index contributed by atoms with van der Waals surface area (Å²) in [6.07, 6.45) is 3.12. The highest BCUT2D eigenvalue weighted by Crippen LogP contribution is 2.17. The van der Waals surface area contributed by atoms with Gasteiger partial charge in [0.15, 0.2) is 0 Å². The van der Waals surface area contributed by atoms with Crippen molar-refractivity contribution >= 4 is 11.9 Å². The molecule has 0 bridgehead atoms. The zero-order chi connectivity index (χ0) is 9.84. The highest BCUT2D eigenvalue weighted by atomic mass is 16.5. The molecule has 4 nitrogen and oxygen atoms in total. The third-order valence-corrected chi connectivity index (χ3v) is 1.99. The van der Waals surface area contributed by atoms with Gasteiger partial charge >= 0.3 is 11.9 Å². The van der Waals surface area contributed by atoms with Gasteiger partial charge in [0, 0.05) is 18.4 Å². The van der Waals surface area contributed by atoms with Gasteiger partial charge in [0.05, 0.1) is 0 Å². The molecular formula is C9H12O4. The molecule has 1 heterocycles. The van der Waals surface area contributed by atoms with Crippen molar-refractivity contribution < 1.29 is 19.4 Å². The Balaban J connectivity index is 2.38. The molecule has 0 spiro atoms. The first kappa shape index (κ1) is 9.77. The second kappa shape index (κ2) is 4.07. The van der Waals surface area contributed by atoms with Crippen molar-refractivity contribution in [2.24, 2.45) is 0 Å². The fourth-order valence-corrected chi connectivity index (χ4v) is 1.14. The number of ether oxygens (including phenoxy) is 1. The Morgan fingerprint density at radius 3 is 2.92 bits per heavy atom. The van der Waals surface area contributed by atoms with Gasteiger partial charge in [0.1, 0.15) is 6.10 Å². The van der Waals surface area contributed by atoms with E-state index in [2.05, 4.69) is 0 Å². The maximum Gasteiger partial charge on any atom is 0.330 e. The van der Waals surface area contributed by atoms with Crippen molar-refractivity contribution in [3.63, 3.8) is 0 Å². The number of rotatable bonds is 3. The van der Waals surface area contributed by atoms with Crippen LogP contribution in [0, 0.1) is 0 Å². The molecule has 1 unspecified atom stereocenters. The second-order valence-electron chi connectivity index (χ2n) is 3.08. The number of carboxylic acid groups (broad SMARTS) is 1. The summed E-state index contributed by atoms with van der Waals surface area (Å²) in [5.74, 6) is -1.12. The second-order valence-corrected chi connectivity index (χ2v) is 3.08. The molecule has 1 saturated heterocycles. The van der Waals surface area contributed by atoms with Gasteiger partial charge in [-0.2, -0.15) is 0 Å². The number of cyclic esters (lactones) is 1. The van der Waals surface area contributed by atoms with Crippen LogP contribution in [0.4, 0.5) is 0 Å². The summed E-state index contributed by atoms with van der Waals surface area (Å²) in [6.45, 7) is 1.53. The minimum Gasteiger partial charge on any atom is -0.478 e. The van der Waals surface area contributed by atoms with Crippen LogP contribution < -0.4 is 0 Å². The molecule has 0 aliphatic carbocycles. The minimum absolute atomic E-state index is 0.123. The van der Waals surface area contributed by atoms with Crippen molar-refractivity contribution in [3.05, 3.63) is 11.6 Å². The van der Waals surface area contributed by atoms with E-state index in [-0.39, 0.29) is 12.1 Å². The molecule has 1 N–H and O–H groups in total. The number of esters is 1. The number of hydrogen-bond acceptors (Lipinski definition) is 3. The van der Waals surface area contributed by atoms with Gasteiger partial charge in [-0.3, -0.25) is 4.79 Å². The first-order valence-corrected chi connectivity index (χ1v) is 4.19. The fourth-order valence-electron chi connectivity index (χ4n) is 1.14. The van der Waals surface area contributed by atoms with E-state index in [0.29, 0.717) is 24.8 Å². The van der Waals surface area contributed by atoms with Crippen LogP contribution in [0.5, 0.6) is 0 Å². The molecule has 0 amide bonds. The smallest absolute Gasteiger partial charge is 0.330 e. The van der Waals surface area contributed by atoms with E-state index < -0.39 is 5.97 Å². The van der Waals surface area contributed by atoms with Crippen molar-refractivity contribution in [2.45, 2.75) is 32.3 Å². The van der Waals surface area contributed by atoms with E-state index in [4.69, 9.17) is 9.84 Å². The maximum atomic E-state index is 10.7. The van der Waals surface area contributed by atoms with Gasteiger partial charge in [0.2, 0.25) is 0 Å². The summed E-state index contributed by atoms with van der Waals surface area (Å²) in [5, 5.41) is 8.53. The summed E-state index contributed by atoms with van der Waals surface area (Å²) in [5.41, 5.74) is 0.294. The van der Waals surface area contributed by atoms with Crippen molar-refractivity contribution in [1.29, 1.82) is 0 Å². The lowest BCUT2D eigenvalue weighted by Gasteiger charge is -2.04. The normalized spacial score (nSPS) is 23.0. The number of carbonyl (C=O) groups is 2. The first-order chi connectivity index (χ1) is 6.09. The van der Waals surface area contributed by atoms with Crippen molar-refractivity contribution in [3.8, 4) is 0 Å². The molecule has 1 aliphatic heterocycles. The van der Waals surface area contributed by atoms with Gasteiger partial charge in [-0.05, 0) is 13.3 Å². The monoisotopic (exact) mass is 184 g/mol. The highest BCUT2D eigenvalue weighted by Gasteiger charge is 2.22. The van der Waals surface area contributed by atoms with Crippen LogP contribution in [0.3, 0.4) is 0 Å². The number of carboxylic acids is 1. The lowest BCUT2D eigenvalue weighted by Crippen LogP contribution is -2.06. The highest BCUT2D eigenvalue weighted by molar-refractivity contribution is 5.85. The molecular weight excluding hydrogens is 172 g/mol. The molecule has 1 atom stereocenters. The molecule has 4 heteroatoms. The van der Waals surface area contributed by atoms with Crippen LogP contribution >= 0.6 is 0 Å². The Kier molecular flexibility index (Phi) is 3.06. The molecule has 0 radical (unpaired) electrons. The molecule has 72 valence electrons. The van der Waals surface area contributed by atoms with E-state index in [1.54, 1.807) is 6.08 Å². The van der Waals surface area contributed by atoms with Crippen molar-refractivity contribution in [2.75, 3.05) is 0 Å². The molecule has 0 saturated carbocycles. The molecule has 1 rings (SSSR count). The zero-order valence-electron chi connectivity index (χ0n) is 7.45. The third-order valence-electron chi connectivity index (χ3n) is 1.99. The van der Waals surface area contributed by atoms with Crippen LogP contribution in [0.1, 0.15) is 26.2 Å². The van der Waals surface area contributed by atoms with Gasteiger partial charge < -0.3 is 9.84 Å².